The minimum Gasteiger partial charge on any atom is -0.345 e. The molecule has 2 aromatic carbocycles. The van der Waals surface area contributed by atoms with Gasteiger partial charge >= 0.3 is 0 Å². The fourth-order valence-electron chi connectivity index (χ4n) is 2.29. The molecule has 134 valence electrons. The molecule has 5 nitrogen and oxygen atoms in total. The highest BCUT2D eigenvalue weighted by atomic mass is 35.5. The highest BCUT2D eigenvalue weighted by molar-refractivity contribution is 7.92. The van der Waals surface area contributed by atoms with Crippen molar-refractivity contribution in [2.45, 2.75) is 19.9 Å². The van der Waals surface area contributed by atoms with Crippen molar-refractivity contribution in [3.8, 4) is 0 Å². The van der Waals surface area contributed by atoms with Gasteiger partial charge in [-0.25, -0.2) is 8.42 Å². The van der Waals surface area contributed by atoms with Gasteiger partial charge in [-0.05, 0) is 37.6 Å². The third kappa shape index (κ3) is 4.74. The lowest BCUT2D eigenvalue weighted by Gasteiger charge is -2.19. The predicted molar refractivity (Wildman–Crippen MR) is 102 cm³/mol. The first-order chi connectivity index (χ1) is 11.6. The molecule has 1 atom stereocenters. The van der Waals surface area contributed by atoms with Crippen LogP contribution >= 0.6 is 11.6 Å². The Balaban J connectivity index is 2.25. The number of benzene rings is 2. The van der Waals surface area contributed by atoms with Crippen LogP contribution in [0.15, 0.2) is 42.5 Å². The fraction of sp³-hybridized carbons (Fsp3) is 0.278. The van der Waals surface area contributed by atoms with Crippen LogP contribution in [0, 0.1) is 6.92 Å². The van der Waals surface area contributed by atoms with Gasteiger partial charge in [-0.2, -0.15) is 0 Å². The summed E-state index contributed by atoms with van der Waals surface area (Å²) < 4.78 is 24.5. The van der Waals surface area contributed by atoms with Gasteiger partial charge in [0.15, 0.2) is 0 Å². The third-order valence-electron chi connectivity index (χ3n) is 3.98. The van der Waals surface area contributed by atoms with E-state index in [1.54, 1.807) is 6.07 Å². The van der Waals surface area contributed by atoms with Crippen molar-refractivity contribution in [2.75, 3.05) is 17.6 Å². The summed E-state index contributed by atoms with van der Waals surface area (Å²) in [5.74, 6) is -0.359. The molecule has 7 heteroatoms. The molecule has 1 N–H and O–H groups in total. The van der Waals surface area contributed by atoms with E-state index >= 15 is 0 Å². The molecule has 0 aliphatic carbocycles. The first-order valence-electron chi connectivity index (χ1n) is 7.70. The van der Waals surface area contributed by atoms with Gasteiger partial charge in [0.25, 0.3) is 5.91 Å². The normalized spacial score (nSPS) is 12.5. The number of hydrogen-bond donors (Lipinski definition) is 1. The highest BCUT2D eigenvalue weighted by Gasteiger charge is 2.18. The second-order valence-electron chi connectivity index (χ2n) is 6.00. The average Bonchev–Trinajstić information content (AvgIpc) is 2.54. The first kappa shape index (κ1) is 19.3. The van der Waals surface area contributed by atoms with Crippen molar-refractivity contribution in [3.05, 3.63) is 64.2 Å². The zero-order valence-electron chi connectivity index (χ0n) is 14.6. The molecular weight excluding hydrogens is 360 g/mol. The molecule has 0 spiro atoms. The number of aryl methyl sites for hydroxylation is 1. The first-order valence-corrected chi connectivity index (χ1v) is 9.93. The van der Waals surface area contributed by atoms with E-state index in [0.717, 1.165) is 21.7 Å². The molecule has 0 aliphatic rings. The number of nitrogens with one attached hydrogen (secondary N) is 1. The van der Waals surface area contributed by atoms with Gasteiger partial charge in [0.2, 0.25) is 10.0 Å². The molecular formula is C18H21ClN2O3S. The number of hydrogen-bond acceptors (Lipinski definition) is 3. The van der Waals surface area contributed by atoms with E-state index in [0.29, 0.717) is 5.69 Å². The number of carbonyl (C=O) groups is 1. The highest BCUT2D eigenvalue weighted by Crippen LogP contribution is 2.25. The number of carbonyl (C=O) groups excluding carboxylic acids is 1. The van der Waals surface area contributed by atoms with Gasteiger partial charge in [-0.15, -0.1) is 0 Å². The summed E-state index contributed by atoms with van der Waals surface area (Å²) in [6, 6.07) is 12.2. The zero-order chi connectivity index (χ0) is 18.8. The monoisotopic (exact) mass is 380 g/mol. The van der Waals surface area contributed by atoms with Gasteiger partial charge in [0.05, 0.1) is 28.6 Å². The van der Waals surface area contributed by atoms with Gasteiger partial charge in [-0.1, -0.05) is 41.4 Å². The quantitative estimate of drug-likeness (QED) is 0.862. The van der Waals surface area contributed by atoms with E-state index in [1.165, 1.54) is 19.2 Å². The van der Waals surface area contributed by atoms with Gasteiger partial charge < -0.3 is 5.32 Å². The Bertz CT molecular complexity index is 880. The molecule has 0 unspecified atom stereocenters. The van der Waals surface area contributed by atoms with E-state index in [2.05, 4.69) is 5.32 Å². The summed E-state index contributed by atoms with van der Waals surface area (Å²) >= 11 is 6.13. The van der Waals surface area contributed by atoms with Crippen molar-refractivity contribution in [1.29, 1.82) is 0 Å². The van der Waals surface area contributed by atoms with Gasteiger partial charge in [-0.3, -0.25) is 9.10 Å². The zero-order valence-corrected chi connectivity index (χ0v) is 16.1. The smallest absolute Gasteiger partial charge is 0.253 e. The molecule has 0 saturated carbocycles. The molecule has 0 aliphatic heterocycles. The Morgan fingerprint density at radius 1 is 1.16 bits per heavy atom. The Morgan fingerprint density at radius 2 is 1.76 bits per heavy atom. The van der Waals surface area contributed by atoms with Crippen molar-refractivity contribution < 1.29 is 13.2 Å². The maximum Gasteiger partial charge on any atom is 0.253 e. The SMILES string of the molecule is Cc1ccc([C@H](C)NC(=O)c2cc(N(C)S(C)(=O)=O)ccc2Cl)cc1. The van der Waals surface area contributed by atoms with Crippen LogP contribution in [0.4, 0.5) is 5.69 Å². The lowest BCUT2D eigenvalue weighted by Crippen LogP contribution is -2.28. The molecule has 0 radical (unpaired) electrons. The molecule has 0 saturated heterocycles. The minimum absolute atomic E-state index is 0.208. The number of halogens is 1. The van der Waals surface area contributed by atoms with E-state index in [4.69, 9.17) is 11.6 Å². The molecule has 2 rings (SSSR count). The fourth-order valence-corrected chi connectivity index (χ4v) is 2.99. The standard InChI is InChI=1S/C18H21ClN2O3S/c1-12-5-7-14(8-6-12)13(2)20-18(22)16-11-15(9-10-17(16)19)21(3)25(4,23)24/h5-11,13H,1-4H3,(H,20,22)/t13-/m0/s1. The summed E-state index contributed by atoms with van der Waals surface area (Å²) in [6.45, 7) is 3.87. The summed E-state index contributed by atoms with van der Waals surface area (Å²) in [5.41, 5.74) is 2.72. The summed E-state index contributed by atoms with van der Waals surface area (Å²) in [5, 5.41) is 3.15. The summed E-state index contributed by atoms with van der Waals surface area (Å²) in [6.07, 6.45) is 1.10. The molecule has 0 heterocycles. The van der Waals surface area contributed by atoms with Crippen LogP contribution in [0.3, 0.4) is 0 Å². The number of amides is 1. The van der Waals surface area contributed by atoms with Crippen molar-refractivity contribution in [2.24, 2.45) is 0 Å². The van der Waals surface area contributed by atoms with Crippen LogP contribution < -0.4 is 9.62 Å². The molecule has 25 heavy (non-hydrogen) atoms. The van der Waals surface area contributed by atoms with Crippen LogP contribution in [-0.2, 0) is 10.0 Å². The van der Waals surface area contributed by atoms with E-state index in [9.17, 15) is 13.2 Å². The van der Waals surface area contributed by atoms with Crippen LogP contribution in [0.25, 0.3) is 0 Å². The topological polar surface area (TPSA) is 66.5 Å². The Kier molecular flexibility index (Phi) is 5.75. The van der Waals surface area contributed by atoms with Crippen LogP contribution in [0.2, 0.25) is 5.02 Å². The molecule has 0 bridgehead atoms. The summed E-state index contributed by atoms with van der Waals surface area (Å²) in [4.78, 5) is 12.6. The molecule has 0 fully saturated rings. The van der Waals surface area contributed by atoms with Crippen molar-refractivity contribution in [1.82, 2.24) is 5.32 Å². The predicted octanol–water partition coefficient (Wildman–Crippen LogP) is 3.54. The number of nitrogens with zero attached hydrogens (tertiary/aromatic N) is 1. The van der Waals surface area contributed by atoms with Gasteiger partial charge in [0.1, 0.15) is 0 Å². The van der Waals surface area contributed by atoms with E-state index in [-0.39, 0.29) is 22.5 Å². The number of anilines is 1. The molecule has 0 aromatic heterocycles. The maximum absolute atomic E-state index is 12.6. The lowest BCUT2D eigenvalue weighted by atomic mass is 10.1. The lowest BCUT2D eigenvalue weighted by molar-refractivity contribution is 0.0940. The summed E-state index contributed by atoms with van der Waals surface area (Å²) in [7, 11) is -2.00. The Labute approximate surface area is 153 Å². The molecule has 2 aromatic rings. The van der Waals surface area contributed by atoms with Crippen LogP contribution in [0.1, 0.15) is 34.5 Å². The number of sulfonamides is 1. The van der Waals surface area contributed by atoms with E-state index < -0.39 is 10.0 Å². The van der Waals surface area contributed by atoms with Gasteiger partial charge in [0, 0.05) is 7.05 Å². The Hall–Kier alpha value is -2.05. The third-order valence-corrected chi connectivity index (χ3v) is 5.52. The maximum atomic E-state index is 12.6. The number of rotatable bonds is 5. The van der Waals surface area contributed by atoms with Crippen molar-refractivity contribution in [3.63, 3.8) is 0 Å². The molecule has 1 amide bonds. The minimum atomic E-state index is -3.42. The second-order valence-corrected chi connectivity index (χ2v) is 8.42. The van der Waals surface area contributed by atoms with Crippen LogP contribution in [-0.4, -0.2) is 27.6 Å². The van der Waals surface area contributed by atoms with Crippen molar-refractivity contribution >= 4 is 33.2 Å². The second kappa shape index (κ2) is 7.45. The average molecular weight is 381 g/mol. The van der Waals surface area contributed by atoms with Crippen LogP contribution in [0.5, 0.6) is 0 Å². The van der Waals surface area contributed by atoms with E-state index in [1.807, 2.05) is 38.1 Å². The largest absolute Gasteiger partial charge is 0.345 e. The Morgan fingerprint density at radius 3 is 2.32 bits per heavy atom.